The Labute approximate surface area is 173 Å². The second-order valence-corrected chi connectivity index (χ2v) is 8.16. The molecule has 0 saturated heterocycles. The number of ether oxygens (including phenoxy) is 2. The fraction of sp³-hybridized carbons (Fsp3) is 0.565. The second kappa shape index (κ2) is 9.33. The summed E-state index contributed by atoms with van der Waals surface area (Å²) in [4.78, 5) is 13.3. The van der Waals surface area contributed by atoms with Gasteiger partial charge in [-0.3, -0.25) is 9.48 Å². The molecule has 0 saturated carbocycles. The molecular weight excluding hydrogens is 366 g/mol. The smallest absolute Gasteiger partial charge is 0.245 e. The largest absolute Gasteiger partial charge is 0.490 e. The molecule has 0 unspecified atom stereocenters. The van der Waals surface area contributed by atoms with Crippen LogP contribution in [0.1, 0.15) is 69.1 Å². The summed E-state index contributed by atoms with van der Waals surface area (Å²) in [5, 5.41) is 7.84. The molecule has 3 rings (SSSR count). The van der Waals surface area contributed by atoms with Gasteiger partial charge in [-0.15, -0.1) is 0 Å². The number of carbonyl (C=O) groups excluding carboxylic acids is 1. The maximum Gasteiger partial charge on any atom is 0.245 e. The molecule has 1 aliphatic rings. The van der Waals surface area contributed by atoms with Gasteiger partial charge in [0, 0.05) is 12.1 Å². The van der Waals surface area contributed by atoms with E-state index in [2.05, 4.69) is 31.2 Å². The first kappa shape index (κ1) is 21.2. The minimum atomic E-state index is -0.310. The van der Waals surface area contributed by atoms with Crippen molar-refractivity contribution in [2.24, 2.45) is 5.92 Å². The summed E-state index contributed by atoms with van der Waals surface area (Å²) in [6, 6.07) is 7.56. The van der Waals surface area contributed by atoms with Crippen molar-refractivity contribution in [1.82, 2.24) is 15.1 Å². The van der Waals surface area contributed by atoms with Crippen molar-refractivity contribution in [3.8, 4) is 11.5 Å². The lowest BCUT2D eigenvalue weighted by Crippen LogP contribution is -2.38. The van der Waals surface area contributed by atoms with E-state index >= 15 is 0 Å². The maximum atomic E-state index is 13.3. The van der Waals surface area contributed by atoms with Crippen LogP contribution in [0, 0.1) is 19.8 Å². The molecule has 0 bridgehead atoms. The molecule has 6 heteroatoms. The molecule has 0 radical (unpaired) electrons. The zero-order valence-electron chi connectivity index (χ0n) is 18.2. The molecule has 1 amide bonds. The fourth-order valence-electron chi connectivity index (χ4n) is 3.86. The van der Waals surface area contributed by atoms with Crippen LogP contribution in [-0.2, 0) is 4.79 Å². The summed E-state index contributed by atoms with van der Waals surface area (Å²) in [5.74, 6) is 1.76. The molecule has 1 N–H and O–H groups in total. The summed E-state index contributed by atoms with van der Waals surface area (Å²) < 4.78 is 13.5. The first-order chi connectivity index (χ1) is 13.9. The van der Waals surface area contributed by atoms with Crippen molar-refractivity contribution < 1.29 is 14.3 Å². The Morgan fingerprint density at radius 1 is 1.17 bits per heavy atom. The Morgan fingerprint density at radius 3 is 2.52 bits per heavy atom. The van der Waals surface area contributed by atoms with E-state index in [0.29, 0.717) is 13.2 Å². The maximum absolute atomic E-state index is 13.3. The first-order valence-corrected chi connectivity index (χ1v) is 10.6. The molecule has 0 aliphatic carbocycles. The van der Waals surface area contributed by atoms with E-state index in [4.69, 9.17) is 9.47 Å². The molecule has 1 aliphatic heterocycles. The molecule has 2 heterocycles. The minimum Gasteiger partial charge on any atom is -0.490 e. The van der Waals surface area contributed by atoms with Gasteiger partial charge in [-0.2, -0.15) is 5.10 Å². The minimum absolute atomic E-state index is 0.00358. The molecule has 2 aromatic rings. The Hall–Kier alpha value is -2.50. The van der Waals surface area contributed by atoms with Gasteiger partial charge in [-0.05, 0) is 49.9 Å². The Bertz CT molecular complexity index is 844. The second-order valence-electron chi connectivity index (χ2n) is 8.16. The van der Waals surface area contributed by atoms with Gasteiger partial charge in [0.25, 0.3) is 0 Å². The average molecular weight is 400 g/mol. The van der Waals surface area contributed by atoms with Crippen LogP contribution in [0.3, 0.4) is 0 Å². The van der Waals surface area contributed by atoms with Crippen LogP contribution in [0.2, 0.25) is 0 Å². The summed E-state index contributed by atoms with van der Waals surface area (Å²) in [6.07, 6.45) is 2.53. The lowest BCUT2D eigenvalue weighted by Gasteiger charge is -2.27. The van der Waals surface area contributed by atoms with Gasteiger partial charge in [0.05, 0.1) is 24.9 Å². The molecule has 0 spiro atoms. The van der Waals surface area contributed by atoms with E-state index in [-0.39, 0.29) is 23.9 Å². The predicted molar refractivity (Wildman–Crippen MR) is 113 cm³/mol. The van der Waals surface area contributed by atoms with Crippen LogP contribution in [0.4, 0.5) is 0 Å². The normalized spacial score (nSPS) is 15.7. The predicted octanol–water partition coefficient (Wildman–Crippen LogP) is 4.52. The van der Waals surface area contributed by atoms with E-state index in [1.165, 1.54) is 0 Å². The van der Waals surface area contributed by atoms with Crippen molar-refractivity contribution in [3.05, 3.63) is 41.2 Å². The number of aryl methyl sites for hydroxylation is 2. The third-order valence-electron chi connectivity index (χ3n) is 5.30. The van der Waals surface area contributed by atoms with Crippen molar-refractivity contribution in [3.63, 3.8) is 0 Å². The molecular formula is C23H33N3O3. The van der Waals surface area contributed by atoms with Gasteiger partial charge < -0.3 is 14.8 Å². The monoisotopic (exact) mass is 399 g/mol. The number of benzene rings is 1. The van der Waals surface area contributed by atoms with Crippen molar-refractivity contribution >= 4 is 5.91 Å². The number of carbonyl (C=O) groups is 1. The molecule has 29 heavy (non-hydrogen) atoms. The van der Waals surface area contributed by atoms with Gasteiger partial charge in [0.15, 0.2) is 11.5 Å². The average Bonchev–Trinajstić information content (AvgIpc) is 2.88. The summed E-state index contributed by atoms with van der Waals surface area (Å²) >= 11 is 0. The Morgan fingerprint density at radius 2 is 1.90 bits per heavy atom. The third kappa shape index (κ3) is 4.92. The van der Waals surface area contributed by atoms with Crippen LogP contribution < -0.4 is 14.8 Å². The van der Waals surface area contributed by atoms with E-state index in [1.54, 1.807) is 0 Å². The molecule has 1 aromatic heterocycles. The van der Waals surface area contributed by atoms with Crippen LogP contribution in [0.15, 0.2) is 24.3 Å². The number of rotatable bonds is 7. The van der Waals surface area contributed by atoms with Crippen LogP contribution in [0.5, 0.6) is 11.5 Å². The third-order valence-corrected chi connectivity index (χ3v) is 5.30. The first-order valence-electron chi connectivity index (χ1n) is 10.6. The van der Waals surface area contributed by atoms with Crippen molar-refractivity contribution in [2.45, 2.75) is 66.0 Å². The summed E-state index contributed by atoms with van der Waals surface area (Å²) in [7, 11) is 0. The highest BCUT2D eigenvalue weighted by atomic mass is 16.5. The van der Waals surface area contributed by atoms with E-state index in [9.17, 15) is 4.79 Å². The van der Waals surface area contributed by atoms with E-state index in [0.717, 1.165) is 47.7 Å². The van der Waals surface area contributed by atoms with Crippen LogP contribution >= 0.6 is 0 Å². The van der Waals surface area contributed by atoms with Gasteiger partial charge in [-0.1, -0.05) is 33.3 Å². The lowest BCUT2D eigenvalue weighted by molar-refractivity contribution is -0.126. The number of hydrogen-bond donors (Lipinski definition) is 1. The summed E-state index contributed by atoms with van der Waals surface area (Å²) in [5.41, 5.74) is 2.97. The SMILES string of the molecule is CCC[C@@H](C(=O)N[C@@H](c1ccc2c(c1)OCCCO2)C(C)C)n1nc(C)cc1C. The number of aromatic nitrogens is 2. The Balaban J connectivity index is 1.85. The van der Waals surface area contributed by atoms with Gasteiger partial charge >= 0.3 is 0 Å². The van der Waals surface area contributed by atoms with Crippen molar-refractivity contribution in [2.75, 3.05) is 13.2 Å². The zero-order valence-corrected chi connectivity index (χ0v) is 18.2. The standard InChI is InChI=1S/C23H33N3O3/c1-6-8-19(26-17(5)13-16(4)25-26)23(27)24-22(15(2)3)18-9-10-20-21(14-18)29-12-7-11-28-20/h9-10,13-15,19,22H,6-8,11-12H2,1-5H3,(H,24,27)/t19-,22+/m0/s1. The van der Waals surface area contributed by atoms with Gasteiger partial charge in [0.1, 0.15) is 6.04 Å². The number of amides is 1. The molecule has 1 aromatic carbocycles. The van der Waals surface area contributed by atoms with Gasteiger partial charge in [-0.25, -0.2) is 0 Å². The Kier molecular flexibility index (Phi) is 6.83. The molecule has 2 atom stereocenters. The van der Waals surface area contributed by atoms with Gasteiger partial charge in [0.2, 0.25) is 5.91 Å². The zero-order chi connectivity index (χ0) is 21.0. The number of hydrogen-bond acceptors (Lipinski definition) is 4. The van der Waals surface area contributed by atoms with Crippen LogP contribution in [0.25, 0.3) is 0 Å². The van der Waals surface area contributed by atoms with Crippen LogP contribution in [-0.4, -0.2) is 28.9 Å². The highest BCUT2D eigenvalue weighted by Crippen LogP contribution is 2.34. The molecule has 6 nitrogen and oxygen atoms in total. The fourth-order valence-corrected chi connectivity index (χ4v) is 3.86. The molecule has 0 fully saturated rings. The molecule has 158 valence electrons. The highest BCUT2D eigenvalue weighted by Gasteiger charge is 2.27. The van der Waals surface area contributed by atoms with E-state index < -0.39 is 0 Å². The number of nitrogens with one attached hydrogen (secondary N) is 1. The van der Waals surface area contributed by atoms with E-state index in [1.807, 2.05) is 42.8 Å². The van der Waals surface area contributed by atoms with Crippen molar-refractivity contribution in [1.29, 1.82) is 0 Å². The number of fused-ring (bicyclic) bond motifs is 1. The summed E-state index contributed by atoms with van der Waals surface area (Å²) in [6.45, 7) is 11.6. The quantitative estimate of drug-likeness (QED) is 0.744. The number of nitrogens with zero attached hydrogens (tertiary/aromatic N) is 2. The topological polar surface area (TPSA) is 65.4 Å². The lowest BCUT2D eigenvalue weighted by atomic mass is 9.95. The highest BCUT2D eigenvalue weighted by molar-refractivity contribution is 5.80.